The molecule has 2 aromatic heterocycles. The Morgan fingerprint density at radius 1 is 0.917 bits per heavy atom. The van der Waals surface area contributed by atoms with Crippen molar-refractivity contribution in [1.29, 1.82) is 0 Å². The van der Waals surface area contributed by atoms with Crippen molar-refractivity contribution in [3.63, 3.8) is 0 Å². The van der Waals surface area contributed by atoms with Gasteiger partial charge in [-0.1, -0.05) is 48.5 Å². The van der Waals surface area contributed by atoms with Crippen molar-refractivity contribution in [3.8, 4) is 23.0 Å². The topological polar surface area (TPSA) is 69.9 Å². The van der Waals surface area contributed by atoms with Crippen LogP contribution in [0.1, 0.15) is 0 Å². The van der Waals surface area contributed by atoms with E-state index in [4.69, 9.17) is 0 Å². The molecule has 0 fully saturated rings. The van der Waals surface area contributed by atoms with Gasteiger partial charge in [-0.3, -0.25) is 4.79 Å². The highest BCUT2D eigenvalue weighted by molar-refractivity contribution is 5.80. The minimum absolute atomic E-state index is 0.0976. The van der Waals surface area contributed by atoms with Crippen molar-refractivity contribution in [2.24, 2.45) is 0 Å². The van der Waals surface area contributed by atoms with Crippen LogP contribution in [0.2, 0.25) is 0 Å². The molecule has 4 rings (SSSR count). The van der Waals surface area contributed by atoms with E-state index < -0.39 is 5.56 Å². The first kappa shape index (κ1) is 14.1. The first-order chi connectivity index (χ1) is 11.7. The first-order valence-corrected chi connectivity index (χ1v) is 7.51. The molecule has 2 heterocycles. The number of rotatable bonds is 2. The monoisotopic (exact) mass is 316 g/mol. The third kappa shape index (κ3) is 2.42. The second-order valence-corrected chi connectivity index (χ2v) is 5.43. The van der Waals surface area contributed by atoms with E-state index in [1.165, 1.54) is 0 Å². The Hall–Kier alpha value is -3.47. The molecule has 4 aromatic rings. The number of pyridine rings is 1. The van der Waals surface area contributed by atoms with Crippen LogP contribution in [-0.2, 0) is 0 Å². The van der Waals surface area contributed by atoms with Gasteiger partial charge in [0, 0.05) is 17.0 Å². The molecule has 116 valence electrons. The summed E-state index contributed by atoms with van der Waals surface area (Å²) in [4.78, 5) is 19.4. The van der Waals surface area contributed by atoms with Crippen molar-refractivity contribution in [2.75, 3.05) is 0 Å². The molecule has 5 heteroatoms. The highest BCUT2D eigenvalue weighted by Gasteiger charge is 2.21. The molecule has 0 spiro atoms. The lowest BCUT2D eigenvalue weighted by Crippen LogP contribution is -2.37. The van der Waals surface area contributed by atoms with E-state index in [0.29, 0.717) is 5.82 Å². The molecule has 0 aliphatic rings. The van der Waals surface area contributed by atoms with Crippen LogP contribution in [0.25, 0.3) is 27.8 Å². The molecule has 2 aromatic carbocycles. The minimum atomic E-state index is -0.401. The lowest BCUT2D eigenvalue weighted by Gasteiger charge is -2.03. The summed E-state index contributed by atoms with van der Waals surface area (Å²) in [6, 6.07) is 18.9. The number of aromatic amines is 1. The minimum Gasteiger partial charge on any atom is -0.488 e. The van der Waals surface area contributed by atoms with Crippen LogP contribution in [-0.4, -0.2) is 15.1 Å². The fourth-order valence-corrected chi connectivity index (χ4v) is 2.69. The summed E-state index contributed by atoms with van der Waals surface area (Å²) in [5.74, 6) is 0.0288. The number of hydrogen-bond acceptors (Lipinski definition) is 3. The van der Waals surface area contributed by atoms with Gasteiger partial charge in [0.25, 0.3) is 5.88 Å². The Bertz CT molecular complexity index is 1090. The van der Waals surface area contributed by atoms with Gasteiger partial charge in [-0.05, 0) is 11.5 Å². The maximum absolute atomic E-state index is 12.5. The van der Waals surface area contributed by atoms with Crippen LogP contribution in [0.3, 0.4) is 0 Å². The Labute approximate surface area is 137 Å². The summed E-state index contributed by atoms with van der Waals surface area (Å²) < 4.78 is 1.58. The lowest BCUT2D eigenvalue weighted by atomic mass is 10.2. The number of aromatic hydroxyl groups is 1. The van der Waals surface area contributed by atoms with Crippen LogP contribution in [0.15, 0.2) is 77.9 Å². The largest absolute Gasteiger partial charge is 0.488 e. The van der Waals surface area contributed by atoms with Gasteiger partial charge in [0.2, 0.25) is 0 Å². The molecule has 0 amide bonds. The normalized spacial score (nSPS) is 10.8. The zero-order valence-corrected chi connectivity index (χ0v) is 12.7. The van der Waals surface area contributed by atoms with E-state index in [9.17, 15) is 9.90 Å². The zero-order valence-electron chi connectivity index (χ0n) is 12.7. The van der Waals surface area contributed by atoms with Crippen molar-refractivity contribution >= 4 is 10.8 Å². The molecule has 0 aliphatic carbocycles. The predicted octanol–water partition coefficient (Wildman–Crippen LogP) is 2.57. The number of aromatic nitrogens is 3. The average Bonchev–Trinajstić information content (AvgIpc) is 2.62. The van der Waals surface area contributed by atoms with Crippen molar-refractivity contribution in [1.82, 2.24) is 9.97 Å². The summed E-state index contributed by atoms with van der Waals surface area (Å²) in [7, 11) is 0. The lowest BCUT2D eigenvalue weighted by molar-refractivity contribution is -0.596. The highest BCUT2D eigenvalue weighted by atomic mass is 16.3. The van der Waals surface area contributed by atoms with E-state index in [2.05, 4.69) is 9.97 Å². The van der Waals surface area contributed by atoms with E-state index >= 15 is 0 Å². The van der Waals surface area contributed by atoms with Crippen LogP contribution >= 0.6 is 0 Å². The Morgan fingerprint density at radius 3 is 2.38 bits per heavy atom. The molecule has 24 heavy (non-hydrogen) atoms. The zero-order chi connectivity index (χ0) is 16.5. The summed E-state index contributed by atoms with van der Waals surface area (Å²) in [6.45, 7) is 0. The van der Waals surface area contributed by atoms with Gasteiger partial charge in [-0.2, -0.15) is 9.55 Å². The Morgan fingerprint density at radius 2 is 1.62 bits per heavy atom. The molecule has 0 bridgehead atoms. The number of H-pyrrole nitrogens is 1. The van der Waals surface area contributed by atoms with Crippen LogP contribution in [0.5, 0.6) is 5.88 Å². The average molecular weight is 316 g/mol. The van der Waals surface area contributed by atoms with E-state index in [0.717, 1.165) is 16.3 Å². The molecule has 2 N–H and O–H groups in total. The van der Waals surface area contributed by atoms with Gasteiger partial charge >= 0.3 is 11.2 Å². The van der Waals surface area contributed by atoms with Crippen LogP contribution in [0.4, 0.5) is 0 Å². The Kier molecular flexibility index (Phi) is 3.31. The second-order valence-electron chi connectivity index (χ2n) is 5.43. The van der Waals surface area contributed by atoms with E-state index in [1.807, 2.05) is 60.7 Å². The van der Waals surface area contributed by atoms with Gasteiger partial charge in [0.05, 0.1) is 0 Å². The van der Waals surface area contributed by atoms with Crippen LogP contribution in [0, 0.1) is 0 Å². The third-order valence-electron chi connectivity index (χ3n) is 3.87. The summed E-state index contributed by atoms with van der Waals surface area (Å²) in [5.41, 5.74) is 0.432. The van der Waals surface area contributed by atoms with Gasteiger partial charge < -0.3 is 10.1 Å². The molecule has 0 aliphatic heterocycles. The SMILES string of the molecule is O=c1[nH]c(-c2ccccc2)nc(O)c1-[n+]1ccc2ccccc2c1. The summed E-state index contributed by atoms with van der Waals surface area (Å²) >= 11 is 0. The third-order valence-corrected chi connectivity index (χ3v) is 3.87. The number of nitrogens with zero attached hydrogens (tertiary/aromatic N) is 2. The maximum atomic E-state index is 12.5. The van der Waals surface area contributed by atoms with Crippen molar-refractivity contribution in [3.05, 3.63) is 83.4 Å². The Balaban J connectivity index is 1.87. The fraction of sp³-hybridized carbons (Fsp3) is 0. The van der Waals surface area contributed by atoms with Gasteiger partial charge in [-0.15, -0.1) is 0 Å². The first-order valence-electron chi connectivity index (χ1n) is 7.51. The van der Waals surface area contributed by atoms with Crippen molar-refractivity contribution in [2.45, 2.75) is 0 Å². The molecule has 0 saturated carbocycles. The quantitative estimate of drug-likeness (QED) is 0.558. The maximum Gasteiger partial charge on any atom is 0.338 e. The molecular formula is C19H14N3O2+. The highest BCUT2D eigenvalue weighted by Crippen LogP contribution is 2.18. The van der Waals surface area contributed by atoms with E-state index in [1.54, 1.807) is 17.0 Å². The van der Waals surface area contributed by atoms with E-state index in [-0.39, 0.29) is 11.6 Å². The van der Waals surface area contributed by atoms with Crippen LogP contribution < -0.4 is 10.1 Å². The standard InChI is InChI=1S/C19H13N3O2/c23-18-16(22-11-10-13-6-4-5-9-15(13)12-22)19(24)21-17(20-18)14-7-2-1-3-8-14/h1-12H,(H-,20,21,23,24)/p+1. The van der Waals surface area contributed by atoms with Crippen molar-refractivity contribution < 1.29 is 9.67 Å². The number of fused-ring (bicyclic) bond motifs is 1. The van der Waals surface area contributed by atoms with Gasteiger partial charge in [-0.25, -0.2) is 0 Å². The summed E-state index contributed by atoms with van der Waals surface area (Å²) in [5, 5.41) is 12.3. The molecule has 0 unspecified atom stereocenters. The molecular weight excluding hydrogens is 302 g/mol. The number of benzene rings is 2. The second kappa shape index (κ2) is 5.62. The number of hydrogen-bond donors (Lipinski definition) is 2. The predicted molar refractivity (Wildman–Crippen MR) is 91.0 cm³/mol. The summed E-state index contributed by atoms with van der Waals surface area (Å²) in [6.07, 6.45) is 3.53. The van der Waals surface area contributed by atoms with Gasteiger partial charge in [0.1, 0.15) is 5.82 Å². The number of nitrogens with one attached hydrogen (secondary N) is 1. The molecule has 0 atom stereocenters. The fourth-order valence-electron chi connectivity index (χ4n) is 2.69. The molecule has 0 radical (unpaired) electrons. The smallest absolute Gasteiger partial charge is 0.338 e. The molecule has 5 nitrogen and oxygen atoms in total. The molecule has 0 saturated heterocycles. The van der Waals surface area contributed by atoms with Gasteiger partial charge in [0.15, 0.2) is 12.4 Å².